The molecule has 1 aromatic carbocycles. The molecule has 0 fully saturated rings. The zero-order valence-electron chi connectivity index (χ0n) is 6.43. The van der Waals surface area contributed by atoms with E-state index in [0.717, 1.165) is 0 Å². The lowest BCUT2D eigenvalue weighted by Crippen LogP contribution is -1.87. The quantitative estimate of drug-likeness (QED) is 0.339. The largest absolute Gasteiger partial charge is 0.506 e. The summed E-state index contributed by atoms with van der Waals surface area (Å²) in [4.78, 5) is 0. The van der Waals surface area contributed by atoms with E-state index in [4.69, 9.17) is 0 Å². The molecular weight excluding hydrogens is 452 g/mol. The lowest BCUT2D eigenvalue weighted by molar-refractivity contribution is 0.388. The van der Waals surface area contributed by atoms with Crippen LogP contribution in [0.2, 0.25) is 0 Å². The number of hydrogen-bond acceptors (Lipinski definition) is 3. The molecule has 14 heavy (non-hydrogen) atoms. The summed E-state index contributed by atoms with van der Waals surface area (Å²) >= 11 is 12.3. The van der Waals surface area contributed by atoms with E-state index < -0.39 is 3.74 Å². The van der Waals surface area contributed by atoms with E-state index in [1.165, 1.54) is 0 Å². The molecular formula is C7H4Br4O3. The Morgan fingerprint density at radius 3 is 1.64 bits per heavy atom. The Morgan fingerprint density at radius 1 is 0.786 bits per heavy atom. The van der Waals surface area contributed by atoms with Crippen molar-refractivity contribution in [3.05, 3.63) is 14.5 Å². The summed E-state index contributed by atoms with van der Waals surface area (Å²) in [5.74, 6) is -0.851. The number of benzene rings is 1. The van der Waals surface area contributed by atoms with Gasteiger partial charge in [0.25, 0.3) is 0 Å². The van der Waals surface area contributed by atoms with Gasteiger partial charge in [-0.05, 0) is 31.9 Å². The van der Waals surface area contributed by atoms with Crippen LogP contribution in [0, 0.1) is 0 Å². The highest BCUT2D eigenvalue weighted by molar-refractivity contribution is 9.24. The van der Waals surface area contributed by atoms with Crippen LogP contribution in [0.5, 0.6) is 17.2 Å². The Bertz CT molecular complexity index is 349. The third kappa shape index (κ3) is 2.05. The summed E-state index contributed by atoms with van der Waals surface area (Å²) in [6.07, 6.45) is 0. The zero-order valence-corrected chi connectivity index (χ0v) is 12.8. The first-order chi connectivity index (χ1) is 6.37. The highest BCUT2D eigenvalue weighted by Gasteiger charge is 2.23. The Kier molecular flexibility index (Phi) is 4.13. The predicted octanol–water partition coefficient (Wildman–Crippen LogP) is 4.12. The van der Waals surface area contributed by atoms with E-state index in [1.54, 1.807) is 0 Å². The fourth-order valence-corrected chi connectivity index (χ4v) is 2.52. The number of phenolic OH excluding ortho intramolecular Hbond substituents is 3. The van der Waals surface area contributed by atoms with Gasteiger partial charge in [0.1, 0.15) is 9.49 Å². The van der Waals surface area contributed by atoms with Crippen LogP contribution in [0.4, 0.5) is 0 Å². The summed E-state index contributed by atoms with van der Waals surface area (Å²) < 4.78 is 0.0360. The first-order valence-corrected chi connectivity index (χ1v) is 6.69. The minimum atomic E-state index is -0.453. The van der Waals surface area contributed by atoms with Gasteiger partial charge < -0.3 is 15.3 Å². The number of hydrogen-bond donors (Lipinski definition) is 3. The van der Waals surface area contributed by atoms with Crippen LogP contribution in [0.3, 0.4) is 0 Å². The number of aromatic hydroxyl groups is 3. The summed E-state index contributed by atoms with van der Waals surface area (Å²) in [7, 11) is 0. The smallest absolute Gasteiger partial charge is 0.173 e. The van der Waals surface area contributed by atoms with E-state index in [9.17, 15) is 15.3 Å². The van der Waals surface area contributed by atoms with Crippen molar-refractivity contribution in [3.63, 3.8) is 0 Å². The third-order valence-electron chi connectivity index (χ3n) is 1.56. The SMILES string of the molecule is Oc1c(O)c(C(Br)Br)c(O)c(Br)c1Br. The van der Waals surface area contributed by atoms with Crippen LogP contribution in [0.15, 0.2) is 8.95 Å². The maximum Gasteiger partial charge on any atom is 0.173 e. The van der Waals surface area contributed by atoms with Crippen molar-refractivity contribution in [2.45, 2.75) is 3.74 Å². The van der Waals surface area contributed by atoms with Gasteiger partial charge in [-0.25, -0.2) is 0 Å². The number of halogens is 4. The van der Waals surface area contributed by atoms with Crippen LogP contribution >= 0.6 is 63.7 Å². The van der Waals surface area contributed by atoms with Gasteiger partial charge in [-0.2, -0.15) is 0 Å². The molecule has 0 amide bonds. The molecule has 0 unspecified atom stereocenters. The van der Waals surface area contributed by atoms with Gasteiger partial charge in [0.05, 0.1) is 14.5 Å². The van der Waals surface area contributed by atoms with Crippen LogP contribution in [-0.4, -0.2) is 15.3 Å². The number of phenols is 3. The molecule has 0 aliphatic carbocycles. The van der Waals surface area contributed by atoms with Crippen LogP contribution in [0.25, 0.3) is 0 Å². The van der Waals surface area contributed by atoms with Crippen LogP contribution in [-0.2, 0) is 0 Å². The van der Waals surface area contributed by atoms with Gasteiger partial charge in [0.2, 0.25) is 0 Å². The first kappa shape index (κ1) is 12.6. The molecule has 0 atom stereocenters. The molecule has 3 nitrogen and oxygen atoms in total. The second kappa shape index (κ2) is 4.59. The fourth-order valence-electron chi connectivity index (χ4n) is 0.877. The normalized spacial score (nSPS) is 10.9. The summed E-state index contributed by atoms with van der Waals surface area (Å²) in [6.45, 7) is 0. The number of alkyl halides is 2. The molecule has 7 heteroatoms. The Balaban J connectivity index is 3.60. The van der Waals surface area contributed by atoms with Crippen molar-refractivity contribution in [3.8, 4) is 17.2 Å². The van der Waals surface area contributed by atoms with E-state index in [-0.39, 0.29) is 31.8 Å². The molecule has 0 saturated heterocycles. The second-order valence-electron chi connectivity index (χ2n) is 2.39. The van der Waals surface area contributed by atoms with E-state index in [1.807, 2.05) is 0 Å². The monoisotopic (exact) mass is 452 g/mol. The third-order valence-corrected chi connectivity index (χ3v) is 4.55. The minimum Gasteiger partial charge on any atom is -0.506 e. The van der Waals surface area contributed by atoms with Crippen LogP contribution < -0.4 is 0 Å². The first-order valence-electron chi connectivity index (χ1n) is 3.27. The van der Waals surface area contributed by atoms with Gasteiger partial charge in [0.15, 0.2) is 11.5 Å². The second-order valence-corrected chi connectivity index (χ2v) is 7.03. The molecule has 1 rings (SSSR count). The van der Waals surface area contributed by atoms with Crippen molar-refractivity contribution < 1.29 is 15.3 Å². The van der Waals surface area contributed by atoms with Gasteiger partial charge in [-0.15, -0.1) is 0 Å². The summed E-state index contributed by atoms with van der Waals surface area (Å²) in [6, 6.07) is 0. The Labute approximate surface area is 114 Å². The lowest BCUT2D eigenvalue weighted by atomic mass is 10.2. The molecule has 0 aromatic heterocycles. The highest BCUT2D eigenvalue weighted by Crippen LogP contribution is 2.52. The van der Waals surface area contributed by atoms with E-state index >= 15 is 0 Å². The topological polar surface area (TPSA) is 60.7 Å². The average molecular weight is 456 g/mol. The zero-order chi connectivity index (χ0) is 11.0. The van der Waals surface area contributed by atoms with Crippen molar-refractivity contribution >= 4 is 63.7 Å². The standard InChI is InChI=1S/C7H4Br4O3/c8-2-3(9)6(14)5(13)1(4(2)12)7(10)11/h7,12-14H. The van der Waals surface area contributed by atoms with Gasteiger partial charge >= 0.3 is 0 Å². The van der Waals surface area contributed by atoms with Crippen molar-refractivity contribution in [2.24, 2.45) is 0 Å². The van der Waals surface area contributed by atoms with E-state index in [2.05, 4.69) is 63.7 Å². The van der Waals surface area contributed by atoms with Crippen molar-refractivity contribution in [2.75, 3.05) is 0 Å². The molecule has 0 aliphatic rings. The Hall–Kier alpha value is 0.540. The predicted molar refractivity (Wildman–Crippen MR) is 67.4 cm³/mol. The minimum absolute atomic E-state index is 0.147. The number of rotatable bonds is 1. The maximum absolute atomic E-state index is 9.65. The highest BCUT2D eigenvalue weighted by atomic mass is 79.9. The molecule has 0 bridgehead atoms. The lowest BCUT2D eigenvalue weighted by Gasteiger charge is -2.13. The fraction of sp³-hybridized carbons (Fsp3) is 0.143. The maximum atomic E-state index is 9.65. The van der Waals surface area contributed by atoms with E-state index in [0.29, 0.717) is 0 Å². The molecule has 78 valence electrons. The summed E-state index contributed by atoms with van der Waals surface area (Å²) in [5.41, 5.74) is 0.164. The average Bonchev–Trinajstić information content (AvgIpc) is 2.11. The van der Waals surface area contributed by atoms with Crippen molar-refractivity contribution in [1.29, 1.82) is 0 Å². The van der Waals surface area contributed by atoms with Gasteiger partial charge in [0, 0.05) is 0 Å². The molecule has 0 heterocycles. The Morgan fingerprint density at radius 2 is 1.21 bits per heavy atom. The van der Waals surface area contributed by atoms with Gasteiger partial charge in [-0.1, -0.05) is 31.9 Å². The molecule has 0 radical (unpaired) electrons. The molecule has 0 aliphatic heterocycles. The molecule has 1 aromatic rings. The molecule has 0 spiro atoms. The van der Waals surface area contributed by atoms with Gasteiger partial charge in [-0.3, -0.25) is 0 Å². The summed E-state index contributed by atoms with van der Waals surface area (Å²) in [5, 5.41) is 28.6. The van der Waals surface area contributed by atoms with Crippen LogP contribution in [0.1, 0.15) is 9.30 Å². The van der Waals surface area contributed by atoms with Crippen molar-refractivity contribution in [1.82, 2.24) is 0 Å². The molecule has 0 saturated carbocycles. The molecule has 3 N–H and O–H groups in total.